The van der Waals surface area contributed by atoms with Crippen molar-refractivity contribution in [3.8, 4) is 0 Å². The van der Waals surface area contributed by atoms with Crippen LogP contribution < -0.4 is 11.1 Å². The van der Waals surface area contributed by atoms with Crippen molar-refractivity contribution in [1.29, 1.82) is 0 Å². The van der Waals surface area contributed by atoms with Crippen molar-refractivity contribution in [2.75, 3.05) is 13.2 Å². The third-order valence-corrected chi connectivity index (χ3v) is 4.04. The summed E-state index contributed by atoms with van der Waals surface area (Å²) in [6.07, 6.45) is 1.96. The second-order valence-electron chi connectivity index (χ2n) is 5.82. The van der Waals surface area contributed by atoms with Gasteiger partial charge in [0.25, 0.3) is 5.91 Å². The Bertz CT molecular complexity index is 715. The predicted molar refractivity (Wildman–Crippen MR) is 98.5 cm³/mol. The minimum absolute atomic E-state index is 0.211. The van der Waals surface area contributed by atoms with Crippen LogP contribution in [0.25, 0.3) is 0 Å². The summed E-state index contributed by atoms with van der Waals surface area (Å²) in [4.78, 5) is 12.1. The summed E-state index contributed by atoms with van der Waals surface area (Å²) in [7, 11) is -1.76. The van der Waals surface area contributed by atoms with Gasteiger partial charge in [0, 0.05) is 23.7 Å². The van der Waals surface area contributed by atoms with E-state index in [0.717, 1.165) is 0 Å². The molecule has 146 valence electrons. The van der Waals surface area contributed by atoms with Gasteiger partial charge in [0.2, 0.25) is 0 Å². The summed E-state index contributed by atoms with van der Waals surface area (Å²) in [5, 5.41) is 32.0. The molecule has 1 amide bonds. The lowest BCUT2D eigenvalue weighted by Crippen LogP contribution is -2.29. The highest BCUT2D eigenvalue weighted by Crippen LogP contribution is 2.13. The summed E-state index contributed by atoms with van der Waals surface area (Å²) in [6.45, 7) is 0.954. The molecule has 10 nitrogen and oxygen atoms in total. The van der Waals surface area contributed by atoms with Gasteiger partial charge in [-0.15, -0.1) is 5.10 Å². The van der Waals surface area contributed by atoms with E-state index in [1.54, 1.807) is 28.9 Å². The normalized spacial score (nSPS) is 12.0. The SMILES string of the molecule is NC(CCCCOB(O)O)c1nnnn1CCNC(=O)c1ccc(Cl)cc1. The van der Waals surface area contributed by atoms with Crippen LogP contribution in [0.4, 0.5) is 0 Å². The van der Waals surface area contributed by atoms with Gasteiger partial charge in [-0.1, -0.05) is 11.6 Å². The number of hydrogen-bond acceptors (Lipinski definition) is 8. The molecule has 1 unspecified atom stereocenters. The van der Waals surface area contributed by atoms with Crippen LogP contribution in [0.1, 0.15) is 41.5 Å². The molecule has 2 rings (SSSR count). The van der Waals surface area contributed by atoms with Crippen LogP contribution in [-0.2, 0) is 11.2 Å². The van der Waals surface area contributed by atoms with Crippen molar-refractivity contribution in [3.63, 3.8) is 0 Å². The monoisotopic (exact) mass is 396 g/mol. The summed E-state index contributed by atoms with van der Waals surface area (Å²) >= 11 is 5.80. The van der Waals surface area contributed by atoms with E-state index in [4.69, 9.17) is 27.4 Å². The standard InChI is InChI=1S/C15H22BClN6O4/c17-12-6-4-11(5-7-12)15(24)19-8-9-23-14(20-21-22-23)13(18)3-1-2-10-27-16(25)26/h4-7,13,25-26H,1-3,8-10,18H2,(H,19,24). The third kappa shape index (κ3) is 7.23. The zero-order chi connectivity index (χ0) is 19.6. The lowest BCUT2D eigenvalue weighted by atomic mass is 10.1. The van der Waals surface area contributed by atoms with E-state index < -0.39 is 7.32 Å². The number of amides is 1. The molecule has 0 spiro atoms. The highest BCUT2D eigenvalue weighted by molar-refractivity contribution is 6.32. The Balaban J connectivity index is 1.75. The fraction of sp³-hybridized carbons (Fsp3) is 0.467. The van der Waals surface area contributed by atoms with E-state index >= 15 is 0 Å². The molecule has 2 aromatic rings. The lowest BCUT2D eigenvalue weighted by Gasteiger charge is -2.12. The number of nitrogens with one attached hydrogen (secondary N) is 1. The first-order chi connectivity index (χ1) is 13.0. The van der Waals surface area contributed by atoms with Crippen molar-refractivity contribution in [2.24, 2.45) is 5.73 Å². The molecule has 0 bridgehead atoms. The Morgan fingerprint density at radius 2 is 2.07 bits per heavy atom. The Labute approximate surface area is 161 Å². The van der Waals surface area contributed by atoms with Gasteiger partial charge >= 0.3 is 7.32 Å². The molecule has 0 saturated carbocycles. The van der Waals surface area contributed by atoms with Crippen LogP contribution in [0.2, 0.25) is 5.02 Å². The highest BCUT2D eigenvalue weighted by atomic mass is 35.5. The predicted octanol–water partition coefficient (Wildman–Crippen LogP) is -0.0873. The number of unbranched alkanes of at least 4 members (excludes halogenated alkanes) is 1. The number of halogens is 1. The second kappa shape index (κ2) is 10.9. The first kappa shape index (κ1) is 21.3. The van der Waals surface area contributed by atoms with Crippen LogP contribution in [-0.4, -0.2) is 56.6 Å². The maximum absolute atomic E-state index is 12.1. The maximum Gasteiger partial charge on any atom is 0.633 e. The van der Waals surface area contributed by atoms with Gasteiger partial charge in [-0.25, -0.2) is 4.68 Å². The van der Waals surface area contributed by atoms with Crippen molar-refractivity contribution < 1.29 is 19.5 Å². The molecule has 12 heteroatoms. The third-order valence-electron chi connectivity index (χ3n) is 3.78. The van der Waals surface area contributed by atoms with Gasteiger partial charge in [0.05, 0.1) is 12.6 Å². The summed E-state index contributed by atoms with van der Waals surface area (Å²) in [5.41, 5.74) is 6.63. The number of benzene rings is 1. The molecule has 0 aliphatic rings. The fourth-order valence-electron chi connectivity index (χ4n) is 2.40. The average Bonchev–Trinajstić information content (AvgIpc) is 3.10. The topological polar surface area (TPSA) is 148 Å². The Hall–Kier alpha value is -2.05. The molecule has 0 fully saturated rings. The number of carbonyl (C=O) groups excluding carboxylic acids is 1. The molecule has 0 aliphatic heterocycles. The molecule has 0 aliphatic carbocycles. The Kier molecular flexibility index (Phi) is 8.62. The van der Waals surface area contributed by atoms with Crippen LogP contribution in [0.15, 0.2) is 24.3 Å². The number of carbonyl (C=O) groups is 1. The summed E-state index contributed by atoms with van der Waals surface area (Å²) in [5.74, 6) is 0.315. The largest absolute Gasteiger partial charge is 0.633 e. The van der Waals surface area contributed by atoms with Crippen LogP contribution in [0.5, 0.6) is 0 Å². The molecule has 1 aromatic carbocycles. The molecule has 0 saturated heterocycles. The van der Waals surface area contributed by atoms with E-state index in [1.165, 1.54) is 0 Å². The molecule has 27 heavy (non-hydrogen) atoms. The van der Waals surface area contributed by atoms with Crippen LogP contribution in [0.3, 0.4) is 0 Å². The second-order valence-corrected chi connectivity index (χ2v) is 6.26. The van der Waals surface area contributed by atoms with Crippen molar-refractivity contribution >= 4 is 24.8 Å². The molecular formula is C15H22BClN6O4. The molecule has 0 radical (unpaired) electrons. The van der Waals surface area contributed by atoms with E-state index in [2.05, 4.69) is 25.5 Å². The first-order valence-corrected chi connectivity index (χ1v) is 8.88. The van der Waals surface area contributed by atoms with E-state index in [9.17, 15) is 4.79 Å². The Morgan fingerprint density at radius 1 is 1.33 bits per heavy atom. The van der Waals surface area contributed by atoms with Gasteiger partial charge in [0.1, 0.15) is 0 Å². The molecule has 1 heterocycles. The first-order valence-electron chi connectivity index (χ1n) is 8.50. The fourth-order valence-corrected chi connectivity index (χ4v) is 2.53. The van der Waals surface area contributed by atoms with Crippen LogP contribution in [0, 0.1) is 0 Å². The van der Waals surface area contributed by atoms with Gasteiger partial charge in [0.15, 0.2) is 5.82 Å². The number of nitrogens with zero attached hydrogens (tertiary/aromatic N) is 4. The van der Waals surface area contributed by atoms with E-state index in [0.29, 0.717) is 48.8 Å². The zero-order valence-electron chi connectivity index (χ0n) is 14.7. The van der Waals surface area contributed by atoms with Gasteiger partial charge < -0.3 is 25.8 Å². The van der Waals surface area contributed by atoms with Crippen molar-refractivity contribution in [1.82, 2.24) is 25.5 Å². The van der Waals surface area contributed by atoms with E-state index in [1.807, 2.05) is 0 Å². The number of aromatic nitrogens is 4. The Morgan fingerprint density at radius 3 is 2.78 bits per heavy atom. The summed E-state index contributed by atoms with van der Waals surface area (Å²) in [6, 6.07) is 6.24. The van der Waals surface area contributed by atoms with Gasteiger partial charge in [-0.05, 0) is 54.0 Å². The smallest absolute Gasteiger partial charge is 0.402 e. The van der Waals surface area contributed by atoms with Gasteiger partial charge in [-0.3, -0.25) is 4.79 Å². The molecular weight excluding hydrogens is 374 g/mol. The zero-order valence-corrected chi connectivity index (χ0v) is 15.4. The van der Waals surface area contributed by atoms with Gasteiger partial charge in [-0.2, -0.15) is 0 Å². The van der Waals surface area contributed by atoms with E-state index in [-0.39, 0.29) is 18.6 Å². The van der Waals surface area contributed by atoms with Crippen molar-refractivity contribution in [3.05, 3.63) is 40.7 Å². The molecule has 1 aromatic heterocycles. The number of rotatable bonds is 11. The quantitative estimate of drug-likeness (QED) is 0.304. The van der Waals surface area contributed by atoms with Crippen LogP contribution >= 0.6 is 11.6 Å². The minimum Gasteiger partial charge on any atom is -0.402 e. The average molecular weight is 397 g/mol. The number of tetrazole rings is 1. The highest BCUT2D eigenvalue weighted by Gasteiger charge is 2.15. The van der Waals surface area contributed by atoms with Crippen molar-refractivity contribution in [2.45, 2.75) is 31.8 Å². The molecule has 1 atom stereocenters. The molecule has 5 N–H and O–H groups in total. The minimum atomic E-state index is -1.76. The maximum atomic E-state index is 12.1. The summed E-state index contributed by atoms with van der Waals surface area (Å²) < 4.78 is 6.19. The lowest BCUT2D eigenvalue weighted by molar-refractivity contribution is 0.0951. The number of nitrogens with two attached hydrogens (primary N) is 1. The number of hydrogen-bond donors (Lipinski definition) is 4.